The van der Waals surface area contributed by atoms with Gasteiger partial charge in [-0.25, -0.2) is 14.8 Å². The lowest BCUT2D eigenvalue weighted by Gasteiger charge is -2.05. The first-order valence-corrected chi connectivity index (χ1v) is 9.02. The SMILES string of the molecule is Cc1nc(N)c2[nH]c(=O)n(Cc3ccc(-c4csc(CN)c4)cc3)c2n1. The number of nitrogens with two attached hydrogens (primary N) is 2. The number of nitrogens with one attached hydrogen (secondary N) is 1. The number of H-pyrrole nitrogens is 1. The minimum Gasteiger partial charge on any atom is -0.382 e. The molecule has 0 amide bonds. The summed E-state index contributed by atoms with van der Waals surface area (Å²) in [4.78, 5) is 24.6. The molecule has 4 aromatic rings. The van der Waals surface area contributed by atoms with Gasteiger partial charge in [-0.1, -0.05) is 24.3 Å². The first-order chi connectivity index (χ1) is 12.5. The molecule has 132 valence electrons. The first-order valence-electron chi connectivity index (χ1n) is 8.14. The Bertz CT molecular complexity index is 1140. The third kappa shape index (κ3) is 2.89. The van der Waals surface area contributed by atoms with E-state index in [1.807, 2.05) is 24.3 Å². The Balaban J connectivity index is 1.67. The second-order valence-corrected chi connectivity index (χ2v) is 7.07. The highest BCUT2D eigenvalue weighted by Crippen LogP contribution is 2.26. The average molecular weight is 366 g/mol. The largest absolute Gasteiger partial charge is 0.382 e. The lowest BCUT2D eigenvalue weighted by molar-refractivity contribution is 0.775. The van der Waals surface area contributed by atoms with Crippen LogP contribution in [0.1, 0.15) is 16.3 Å². The Morgan fingerprint density at radius 1 is 1.19 bits per heavy atom. The first kappa shape index (κ1) is 16.5. The number of aryl methyl sites for hydroxylation is 1. The maximum Gasteiger partial charge on any atom is 0.328 e. The summed E-state index contributed by atoms with van der Waals surface area (Å²) in [5.74, 6) is 0.818. The maximum atomic E-state index is 12.3. The number of thiophene rings is 1. The van der Waals surface area contributed by atoms with Gasteiger partial charge in [0, 0.05) is 11.4 Å². The van der Waals surface area contributed by atoms with Crippen LogP contribution in [0.2, 0.25) is 0 Å². The number of hydrogen-bond donors (Lipinski definition) is 3. The smallest absolute Gasteiger partial charge is 0.328 e. The Morgan fingerprint density at radius 3 is 2.65 bits per heavy atom. The molecule has 0 bridgehead atoms. The van der Waals surface area contributed by atoms with E-state index in [2.05, 4.69) is 26.4 Å². The van der Waals surface area contributed by atoms with Crippen LogP contribution in [-0.4, -0.2) is 19.5 Å². The van der Waals surface area contributed by atoms with Crippen molar-refractivity contribution in [1.82, 2.24) is 19.5 Å². The Morgan fingerprint density at radius 2 is 1.96 bits per heavy atom. The molecule has 0 unspecified atom stereocenters. The second-order valence-electron chi connectivity index (χ2n) is 6.07. The molecule has 0 saturated heterocycles. The molecular weight excluding hydrogens is 348 g/mol. The maximum absolute atomic E-state index is 12.3. The van der Waals surface area contributed by atoms with Crippen molar-refractivity contribution in [3.8, 4) is 11.1 Å². The van der Waals surface area contributed by atoms with Gasteiger partial charge < -0.3 is 16.5 Å². The van der Waals surface area contributed by atoms with Crippen LogP contribution in [0.5, 0.6) is 0 Å². The summed E-state index contributed by atoms with van der Waals surface area (Å²) in [5.41, 5.74) is 15.6. The highest BCUT2D eigenvalue weighted by Gasteiger charge is 2.13. The van der Waals surface area contributed by atoms with Crippen LogP contribution in [0.25, 0.3) is 22.3 Å². The van der Waals surface area contributed by atoms with Crippen LogP contribution in [-0.2, 0) is 13.1 Å². The standard InChI is InChI=1S/C18H18N6OS/c1-10-21-16(20)15-17(22-10)24(18(25)23-15)8-11-2-4-12(5-3-11)13-6-14(7-19)26-9-13/h2-6,9H,7-8,19H2,1H3,(H,23,25)(H2,20,21,22). The third-order valence-corrected chi connectivity index (χ3v) is 5.20. The topological polar surface area (TPSA) is 116 Å². The van der Waals surface area contributed by atoms with Crippen LogP contribution < -0.4 is 17.2 Å². The van der Waals surface area contributed by atoms with Crippen molar-refractivity contribution in [2.75, 3.05) is 5.73 Å². The van der Waals surface area contributed by atoms with Crippen molar-refractivity contribution in [1.29, 1.82) is 0 Å². The summed E-state index contributed by atoms with van der Waals surface area (Å²) >= 11 is 1.66. The molecule has 0 radical (unpaired) electrons. The monoisotopic (exact) mass is 366 g/mol. The fourth-order valence-corrected chi connectivity index (χ4v) is 3.71. The van der Waals surface area contributed by atoms with Gasteiger partial charge in [0.25, 0.3) is 0 Å². The summed E-state index contributed by atoms with van der Waals surface area (Å²) in [5, 5.41) is 2.10. The molecule has 4 rings (SSSR count). The Labute approximate surface area is 153 Å². The summed E-state index contributed by atoms with van der Waals surface area (Å²) in [6.07, 6.45) is 0. The lowest BCUT2D eigenvalue weighted by Crippen LogP contribution is -2.17. The van der Waals surface area contributed by atoms with Gasteiger partial charge in [0.2, 0.25) is 0 Å². The van der Waals surface area contributed by atoms with Gasteiger partial charge in [-0.05, 0) is 35.1 Å². The normalized spacial score (nSPS) is 11.3. The Kier molecular flexibility index (Phi) is 4.06. The molecule has 0 aliphatic rings. The summed E-state index contributed by atoms with van der Waals surface area (Å²) in [6.45, 7) is 2.71. The molecule has 0 atom stereocenters. The lowest BCUT2D eigenvalue weighted by atomic mass is 10.1. The molecule has 0 aliphatic carbocycles. The van der Waals surface area contributed by atoms with Gasteiger partial charge in [0.05, 0.1) is 6.54 Å². The van der Waals surface area contributed by atoms with Crippen molar-refractivity contribution in [3.63, 3.8) is 0 Å². The quantitative estimate of drug-likeness (QED) is 0.512. The number of imidazole rings is 1. The van der Waals surface area contributed by atoms with Gasteiger partial charge in [-0.2, -0.15) is 0 Å². The molecule has 8 heteroatoms. The molecule has 3 aromatic heterocycles. The number of hydrogen-bond acceptors (Lipinski definition) is 6. The van der Waals surface area contributed by atoms with Crippen LogP contribution in [0.4, 0.5) is 5.82 Å². The summed E-state index contributed by atoms with van der Waals surface area (Å²) in [7, 11) is 0. The highest BCUT2D eigenvalue weighted by molar-refractivity contribution is 7.10. The van der Waals surface area contributed by atoms with E-state index in [0.717, 1.165) is 21.6 Å². The van der Waals surface area contributed by atoms with Gasteiger partial charge in [0.15, 0.2) is 11.5 Å². The fourth-order valence-electron chi connectivity index (χ4n) is 2.94. The van der Waals surface area contributed by atoms with Gasteiger partial charge in [-0.15, -0.1) is 11.3 Å². The zero-order chi connectivity index (χ0) is 18.3. The van der Waals surface area contributed by atoms with E-state index >= 15 is 0 Å². The zero-order valence-electron chi connectivity index (χ0n) is 14.2. The minimum absolute atomic E-state index is 0.249. The predicted octanol–water partition coefficient (Wildman–Crippen LogP) is 2.25. The molecule has 1 aromatic carbocycles. The summed E-state index contributed by atoms with van der Waals surface area (Å²) in [6, 6.07) is 10.2. The molecule has 3 heterocycles. The number of anilines is 1. The third-order valence-electron chi connectivity index (χ3n) is 4.25. The van der Waals surface area contributed by atoms with E-state index in [1.165, 1.54) is 0 Å². The van der Waals surface area contributed by atoms with E-state index in [4.69, 9.17) is 11.5 Å². The van der Waals surface area contributed by atoms with Gasteiger partial charge in [-0.3, -0.25) is 4.57 Å². The number of aromatic amines is 1. The van der Waals surface area contributed by atoms with Crippen LogP contribution in [0, 0.1) is 6.92 Å². The molecule has 0 spiro atoms. The van der Waals surface area contributed by atoms with Crippen LogP contribution >= 0.6 is 11.3 Å². The van der Waals surface area contributed by atoms with Crippen LogP contribution in [0.3, 0.4) is 0 Å². The van der Waals surface area contributed by atoms with Crippen LogP contribution in [0.15, 0.2) is 40.5 Å². The Hall–Kier alpha value is -2.97. The molecule has 26 heavy (non-hydrogen) atoms. The minimum atomic E-state index is -0.249. The average Bonchev–Trinajstić information content (AvgIpc) is 3.22. The molecule has 0 fully saturated rings. The molecular formula is C18H18N6OS. The van der Waals surface area contributed by atoms with Gasteiger partial charge >= 0.3 is 5.69 Å². The van der Waals surface area contributed by atoms with Crippen molar-refractivity contribution in [2.45, 2.75) is 20.0 Å². The fraction of sp³-hybridized carbons (Fsp3) is 0.167. The van der Waals surface area contributed by atoms with E-state index < -0.39 is 0 Å². The number of aromatic nitrogens is 4. The number of nitrogen functional groups attached to an aromatic ring is 1. The second kappa shape index (κ2) is 6.40. The molecule has 0 aliphatic heterocycles. The van der Waals surface area contributed by atoms with Gasteiger partial charge in [0.1, 0.15) is 11.3 Å². The van der Waals surface area contributed by atoms with Crippen molar-refractivity contribution < 1.29 is 0 Å². The number of nitrogens with zero attached hydrogens (tertiary/aromatic N) is 3. The predicted molar refractivity (Wildman–Crippen MR) is 104 cm³/mol. The highest BCUT2D eigenvalue weighted by atomic mass is 32.1. The number of fused-ring (bicyclic) bond motifs is 1. The van der Waals surface area contributed by atoms with E-state index in [9.17, 15) is 4.79 Å². The summed E-state index contributed by atoms with van der Waals surface area (Å²) < 4.78 is 1.58. The van der Waals surface area contributed by atoms with E-state index in [1.54, 1.807) is 22.8 Å². The van der Waals surface area contributed by atoms with E-state index in [-0.39, 0.29) is 11.5 Å². The molecule has 5 N–H and O–H groups in total. The number of rotatable bonds is 4. The zero-order valence-corrected chi connectivity index (χ0v) is 15.0. The van der Waals surface area contributed by atoms with E-state index in [0.29, 0.717) is 30.1 Å². The van der Waals surface area contributed by atoms with Crippen molar-refractivity contribution in [3.05, 3.63) is 62.5 Å². The van der Waals surface area contributed by atoms with Crippen molar-refractivity contribution >= 4 is 28.3 Å². The van der Waals surface area contributed by atoms with Crippen molar-refractivity contribution in [2.24, 2.45) is 5.73 Å². The molecule has 7 nitrogen and oxygen atoms in total. The molecule has 0 saturated carbocycles. The number of benzene rings is 1.